The van der Waals surface area contributed by atoms with Crippen LogP contribution in [0.3, 0.4) is 0 Å². The SMILES string of the molecule is COc1ccccc1N(C)S(=O)(=O)c1ccc(C)c(C(=O)Nc2cc(C(C)(C)C)[nH]n2)c1. The number of benzene rings is 2. The first-order valence-corrected chi connectivity index (χ1v) is 11.5. The van der Waals surface area contributed by atoms with Crippen LogP contribution in [0.15, 0.2) is 53.4 Å². The number of aromatic nitrogens is 2. The summed E-state index contributed by atoms with van der Waals surface area (Å²) in [6.45, 7) is 7.84. The van der Waals surface area contributed by atoms with E-state index in [2.05, 4.69) is 15.5 Å². The smallest absolute Gasteiger partial charge is 0.264 e. The maximum atomic E-state index is 13.3. The minimum Gasteiger partial charge on any atom is -0.495 e. The number of nitrogens with one attached hydrogen (secondary N) is 2. The number of hydrogen-bond acceptors (Lipinski definition) is 5. The number of rotatable bonds is 6. The van der Waals surface area contributed by atoms with Gasteiger partial charge < -0.3 is 10.1 Å². The lowest BCUT2D eigenvalue weighted by Gasteiger charge is -2.22. The van der Waals surface area contributed by atoms with Gasteiger partial charge in [0.05, 0.1) is 17.7 Å². The van der Waals surface area contributed by atoms with Gasteiger partial charge in [-0.15, -0.1) is 0 Å². The Kier molecular flexibility index (Phi) is 6.32. The Morgan fingerprint density at radius 2 is 1.81 bits per heavy atom. The highest BCUT2D eigenvalue weighted by molar-refractivity contribution is 7.92. The second-order valence-corrected chi connectivity index (χ2v) is 10.5. The van der Waals surface area contributed by atoms with Crippen LogP contribution in [0.25, 0.3) is 0 Å². The molecule has 9 heteroatoms. The molecule has 32 heavy (non-hydrogen) atoms. The molecule has 8 nitrogen and oxygen atoms in total. The second kappa shape index (κ2) is 8.66. The van der Waals surface area contributed by atoms with E-state index in [1.807, 2.05) is 20.8 Å². The van der Waals surface area contributed by atoms with E-state index in [4.69, 9.17) is 4.74 Å². The molecule has 0 spiro atoms. The van der Waals surface area contributed by atoms with Crippen LogP contribution in [-0.2, 0) is 15.4 Å². The van der Waals surface area contributed by atoms with E-state index in [0.717, 1.165) is 10.00 Å². The Hall–Kier alpha value is -3.33. The number of aryl methyl sites for hydroxylation is 1. The van der Waals surface area contributed by atoms with Crippen LogP contribution < -0.4 is 14.4 Å². The van der Waals surface area contributed by atoms with Crippen molar-refractivity contribution in [2.75, 3.05) is 23.8 Å². The Morgan fingerprint density at radius 3 is 2.44 bits per heavy atom. The third-order valence-corrected chi connectivity index (χ3v) is 6.93. The summed E-state index contributed by atoms with van der Waals surface area (Å²) >= 11 is 0. The fourth-order valence-corrected chi connectivity index (χ4v) is 4.37. The lowest BCUT2D eigenvalue weighted by atomic mass is 9.92. The van der Waals surface area contributed by atoms with Crippen LogP contribution in [0.2, 0.25) is 0 Å². The molecule has 0 fully saturated rings. The van der Waals surface area contributed by atoms with E-state index in [1.165, 1.54) is 26.3 Å². The molecule has 0 aliphatic carbocycles. The Bertz CT molecular complexity index is 1240. The van der Waals surface area contributed by atoms with Gasteiger partial charge in [-0.25, -0.2) is 8.42 Å². The average Bonchev–Trinajstić information content (AvgIpc) is 3.22. The molecule has 170 valence electrons. The van der Waals surface area contributed by atoms with Crippen LogP contribution in [0.5, 0.6) is 5.75 Å². The fourth-order valence-electron chi connectivity index (χ4n) is 3.14. The van der Waals surface area contributed by atoms with Crippen molar-refractivity contribution in [1.82, 2.24) is 10.2 Å². The van der Waals surface area contributed by atoms with Crippen molar-refractivity contribution >= 4 is 27.4 Å². The molecule has 2 N–H and O–H groups in total. The van der Waals surface area contributed by atoms with Crippen molar-refractivity contribution < 1.29 is 17.9 Å². The van der Waals surface area contributed by atoms with Gasteiger partial charge in [0.15, 0.2) is 5.82 Å². The van der Waals surface area contributed by atoms with Gasteiger partial charge in [-0.2, -0.15) is 5.10 Å². The van der Waals surface area contributed by atoms with Crippen LogP contribution in [0.1, 0.15) is 42.4 Å². The van der Waals surface area contributed by atoms with Gasteiger partial charge in [-0.3, -0.25) is 14.2 Å². The van der Waals surface area contributed by atoms with Gasteiger partial charge in [-0.05, 0) is 36.8 Å². The number of H-pyrrole nitrogens is 1. The predicted octanol–water partition coefficient (Wildman–Crippen LogP) is 4.10. The van der Waals surface area contributed by atoms with Gasteiger partial charge in [-0.1, -0.05) is 39.0 Å². The third kappa shape index (κ3) is 4.62. The van der Waals surface area contributed by atoms with Crippen LogP contribution >= 0.6 is 0 Å². The van der Waals surface area contributed by atoms with E-state index in [1.54, 1.807) is 43.3 Å². The maximum absolute atomic E-state index is 13.3. The monoisotopic (exact) mass is 456 g/mol. The largest absolute Gasteiger partial charge is 0.495 e. The second-order valence-electron chi connectivity index (χ2n) is 8.49. The zero-order chi connectivity index (χ0) is 23.7. The van der Waals surface area contributed by atoms with Gasteiger partial charge in [0.25, 0.3) is 15.9 Å². The van der Waals surface area contributed by atoms with Gasteiger partial charge in [0, 0.05) is 29.8 Å². The van der Waals surface area contributed by atoms with Crippen molar-refractivity contribution in [3.8, 4) is 5.75 Å². The van der Waals surface area contributed by atoms with E-state index >= 15 is 0 Å². The van der Waals surface area contributed by atoms with E-state index < -0.39 is 15.9 Å². The van der Waals surface area contributed by atoms with E-state index in [-0.39, 0.29) is 15.9 Å². The van der Waals surface area contributed by atoms with Crippen LogP contribution in [0.4, 0.5) is 11.5 Å². The number of anilines is 2. The van der Waals surface area contributed by atoms with Crippen molar-refractivity contribution in [2.45, 2.75) is 38.0 Å². The molecular weight excluding hydrogens is 428 g/mol. The summed E-state index contributed by atoms with van der Waals surface area (Å²) in [6.07, 6.45) is 0. The number of sulfonamides is 1. The molecular formula is C23H28N4O4S. The molecule has 1 amide bonds. The number of aromatic amines is 1. The molecule has 0 saturated heterocycles. The molecule has 0 aliphatic rings. The Morgan fingerprint density at radius 1 is 1.12 bits per heavy atom. The fraction of sp³-hybridized carbons (Fsp3) is 0.304. The molecule has 0 bridgehead atoms. The summed E-state index contributed by atoms with van der Waals surface area (Å²) < 4.78 is 33.0. The molecule has 3 rings (SSSR count). The zero-order valence-corrected chi connectivity index (χ0v) is 19.9. The number of hydrogen-bond donors (Lipinski definition) is 2. The molecule has 0 unspecified atom stereocenters. The van der Waals surface area contributed by atoms with E-state index in [9.17, 15) is 13.2 Å². The lowest BCUT2D eigenvalue weighted by Crippen LogP contribution is -2.27. The molecule has 0 saturated carbocycles. The number of amides is 1. The van der Waals surface area contributed by atoms with Crippen molar-refractivity contribution in [3.63, 3.8) is 0 Å². The van der Waals surface area contributed by atoms with Crippen molar-refractivity contribution in [2.24, 2.45) is 0 Å². The average molecular weight is 457 g/mol. The maximum Gasteiger partial charge on any atom is 0.264 e. The highest BCUT2D eigenvalue weighted by atomic mass is 32.2. The molecule has 3 aromatic rings. The van der Waals surface area contributed by atoms with Crippen molar-refractivity contribution in [1.29, 1.82) is 0 Å². The molecule has 0 atom stereocenters. The highest BCUT2D eigenvalue weighted by Gasteiger charge is 2.25. The molecule has 1 aromatic heterocycles. The first kappa shape index (κ1) is 23.3. The molecule has 0 radical (unpaired) electrons. The summed E-state index contributed by atoms with van der Waals surface area (Å²) in [4.78, 5) is 12.9. The number of carbonyl (C=O) groups excluding carboxylic acids is 1. The first-order chi connectivity index (χ1) is 14.9. The van der Waals surface area contributed by atoms with Gasteiger partial charge >= 0.3 is 0 Å². The van der Waals surface area contributed by atoms with E-state index in [0.29, 0.717) is 22.8 Å². The number of carbonyl (C=O) groups is 1. The summed E-state index contributed by atoms with van der Waals surface area (Å²) in [6, 6.07) is 13.1. The first-order valence-electron chi connectivity index (χ1n) is 10.0. The highest BCUT2D eigenvalue weighted by Crippen LogP contribution is 2.31. The third-order valence-electron chi connectivity index (χ3n) is 5.16. The molecule has 0 aliphatic heterocycles. The van der Waals surface area contributed by atoms with Crippen molar-refractivity contribution in [3.05, 3.63) is 65.4 Å². The minimum atomic E-state index is -3.93. The summed E-state index contributed by atoms with van der Waals surface area (Å²) in [5.41, 5.74) is 2.02. The summed E-state index contributed by atoms with van der Waals surface area (Å²) in [5, 5.41) is 9.80. The normalized spacial score (nSPS) is 11.8. The summed E-state index contributed by atoms with van der Waals surface area (Å²) in [7, 11) is -1.01. The number of methoxy groups -OCH3 is 1. The van der Waals surface area contributed by atoms with Gasteiger partial charge in [0.1, 0.15) is 5.75 Å². The standard InChI is InChI=1S/C23H28N4O4S/c1-15-11-12-16(32(29,30)27(5)18-9-7-8-10-19(18)31-6)13-17(15)22(28)24-21-14-20(25-26-21)23(2,3)4/h7-14H,1-6H3,(H2,24,25,26,28). The minimum absolute atomic E-state index is 0.000866. The number of ether oxygens (including phenoxy) is 1. The number of para-hydroxylation sites is 2. The van der Waals surface area contributed by atoms with Crippen LogP contribution in [0, 0.1) is 6.92 Å². The van der Waals surface area contributed by atoms with Gasteiger partial charge in [0.2, 0.25) is 0 Å². The summed E-state index contributed by atoms with van der Waals surface area (Å²) in [5.74, 6) is 0.363. The number of nitrogens with zero attached hydrogens (tertiary/aromatic N) is 2. The molecule has 2 aromatic carbocycles. The predicted molar refractivity (Wildman–Crippen MR) is 125 cm³/mol. The Labute approximate surface area is 188 Å². The Balaban J connectivity index is 1.92. The van der Waals surface area contributed by atoms with Crippen LogP contribution in [-0.4, -0.2) is 38.7 Å². The quantitative estimate of drug-likeness (QED) is 0.581. The molecule has 1 heterocycles. The lowest BCUT2D eigenvalue weighted by molar-refractivity contribution is 0.102. The zero-order valence-electron chi connectivity index (χ0n) is 19.1. The topological polar surface area (TPSA) is 104 Å².